The minimum Gasteiger partial charge on any atom is -0.477 e. The number of amidine groups is 1. The number of carboxylic acid groups (broad SMARTS) is 1. The Morgan fingerprint density at radius 3 is 2.69 bits per heavy atom. The number of fused-ring (bicyclic) bond motifs is 1. The number of nitrogens with one attached hydrogen (secondary N) is 1. The number of carbonyl (C=O) groups excluding carboxylic acids is 2. The topological polar surface area (TPSA) is 126 Å². The molecule has 6 atom stereocenters. The van der Waals surface area contributed by atoms with Gasteiger partial charge in [-0.1, -0.05) is 6.92 Å². The van der Waals surface area contributed by atoms with Crippen LogP contribution in [0.2, 0.25) is 0 Å². The van der Waals surface area contributed by atoms with Crippen LogP contribution in [-0.2, 0) is 14.4 Å². The highest BCUT2D eigenvalue weighted by Crippen LogP contribution is 2.51. The van der Waals surface area contributed by atoms with Gasteiger partial charge in [-0.3, -0.25) is 14.6 Å². The number of rotatable bonds is 5. The quantitative estimate of drug-likeness (QED) is 0.460. The monoisotopic (exact) mass is 465 g/mol. The molecule has 5 unspecified atom stereocenters. The molecule has 0 aromatic heterocycles. The smallest absolute Gasteiger partial charge is 0.353 e. The molecule has 0 saturated carbocycles. The number of aliphatic imine (C=N–C) groups is 1. The van der Waals surface area contributed by atoms with Gasteiger partial charge in [0.25, 0.3) is 0 Å². The van der Waals surface area contributed by atoms with Gasteiger partial charge < -0.3 is 30.2 Å². The molecule has 0 aliphatic carbocycles. The van der Waals surface area contributed by atoms with Crippen LogP contribution in [-0.4, -0.2) is 112 Å². The Morgan fingerprint density at radius 1 is 1.34 bits per heavy atom. The highest BCUT2D eigenvalue weighted by atomic mass is 32.2. The van der Waals surface area contributed by atoms with Crippen LogP contribution in [0.25, 0.3) is 0 Å². The average Bonchev–Trinajstić information content (AvgIpc) is 3.29. The van der Waals surface area contributed by atoms with Crippen LogP contribution in [0.5, 0.6) is 0 Å². The Bertz CT molecular complexity index is 888. The third-order valence-electron chi connectivity index (χ3n) is 6.82. The SMILES string of the molecule is CC(O)C1C(=O)N2C(C(=O)O)=C(SC3CNC(C(=O)N4CCN=C(N(C)C)C4)C3)C(C)[C@@H]12. The van der Waals surface area contributed by atoms with E-state index < -0.39 is 18.0 Å². The lowest BCUT2D eigenvalue weighted by Gasteiger charge is -2.46. The lowest BCUT2D eigenvalue weighted by atomic mass is 9.79. The maximum absolute atomic E-state index is 13.1. The van der Waals surface area contributed by atoms with Gasteiger partial charge in [-0.05, 0) is 13.3 Å². The van der Waals surface area contributed by atoms with Crippen LogP contribution in [0.1, 0.15) is 20.3 Å². The molecule has 0 bridgehead atoms. The molecule has 32 heavy (non-hydrogen) atoms. The molecule has 4 aliphatic rings. The van der Waals surface area contributed by atoms with Crippen molar-refractivity contribution in [1.82, 2.24) is 20.0 Å². The fourth-order valence-corrected chi connectivity index (χ4v) is 6.61. The summed E-state index contributed by atoms with van der Waals surface area (Å²) in [5.74, 6) is -1.26. The summed E-state index contributed by atoms with van der Waals surface area (Å²) in [5, 5.41) is 23.1. The molecule has 0 radical (unpaired) electrons. The molecule has 11 heteroatoms. The van der Waals surface area contributed by atoms with Crippen LogP contribution in [0, 0.1) is 11.8 Å². The van der Waals surface area contributed by atoms with Crippen molar-refractivity contribution in [3.8, 4) is 0 Å². The van der Waals surface area contributed by atoms with E-state index in [4.69, 9.17) is 0 Å². The number of likely N-dealkylation sites (N-methyl/N-ethyl adjacent to an activating group) is 1. The Labute approximate surface area is 191 Å². The number of aliphatic hydroxyl groups is 1. The van der Waals surface area contributed by atoms with E-state index in [0.29, 0.717) is 37.5 Å². The normalized spacial score (nSPS) is 33.1. The number of amides is 2. The van der Waals surface area contributed by atoms with Crippen molar-refractivity contribution >= 4 is 35.4 Å². The predicted octanol–water partition coefficient (Wildman–Crippen LogP) is -0.594. The van der Waals surface area contributed by atoms with E-state index in [9.17, 15) is 24.6 Å². The third-order valence-corrected chi connectivity index (χ3v) is 8.33. The zero-order valence-corrected chi connectivity index (χ0v) is 19.6. The maximum Gasteiger partial charge on any atom is 0.353 e. The molecular weight excluding hydrogens is 434 g/mol. The number of hydrogen-bond donors (Lipinski definition) is 3. The number of hydrogen-bond acceptors (Lipinski definition) is 8. The van der Waals surface area contributed by atoms with E-state index in [1.54, 1.807) is 6.92 Å². The van der Waals surface area contributed by atoms with Crippen LogP contribution < -0.4 is 5.32 Å². The number of nitrogens with zero attached hydrogens (tertiary/aromatic N) is 4. The number of carboxylic acids is 1. The number of β-lactam (4-membered cyclic amide) rings is 1. The van der Waals surface area contributed by atoms with Crippen molar-refractivity contribution in [2.75, 3.05) is 40.3 Å². The van der Waals surface area contributed by atoms with E-state index in [-0.39, 0.29) is 40.8 Å². The summed E-state index contributed by atoms with van der Waals surface area (Å²) in [7, 11) is 3.83. The summed E-state index contributed by atoms with van der Waals surface area (Å²) in [5.41, 5.74) is 0.0343. The highest BCUT2D eigenvalue weighted by Gasteiger charge is 2.60. The third kappa shape index (κ3) is 3.80. The highest BCUT2D eigenvalue weighted by molar-refractivity contribution is 8.03. The molecule has 2 amide bonds. The van der Waals surface area contributed by atoms with E-state index in [2.05, 4.69) is 10.3 Å². The van der Waals surface area contributed by atoms with Gasteiger partial charge in [0.05, 0.1) is 37.2 Å². The van der Waals surface area contributed by atoms with Crippen LogP contribution in [0.3, 0.4) is 0 Å². The molecule has 3 N–H and O–H groups in total. The van der Waals surface area contributed by atoms with Crippen LogP contribution in [0.15, 0.2) is 15.6 Å². The first kappa shape index (κ1) is 23.1. The Kier molecular flexibility index (Phi) is 6.25. The van der Waals surface area contributed by atoms with E-state index >= 15 is 0 Å². The molecule has 0 aromatic rings. The zero-order valence-electron chi connectivity index (χ0n) is 18.8. The van der Waals surface area contributed by atoms with Crippen molar-refractivity contribution in [2.24, 2.45) is 16.8 Å². The molecule has 0 spiro atoms. The van der Waals surface area contributed by atoms with Crippen molar-refractivity contribution in [2.45, 2.75) is 43.7 Å². The fraction of sp³-hybridized carbons (Fsp3) is 0.714. The molecule has 4 aliphatic heterocycles. The molecule has 4 heterocycles. The van der Waals surface area contributed by atoms with Crippen molar-refractivity contribution in [3.63, 3.8) is 0 Å². The number of aliphatic carboxylic acids is 1. The lowest BCUT2D eigenvalue weighted by molar-refractivity contribution is -0.163. The van der Waals surface area contributed by atoms with E-state index in [1.165, 1.54) is 16.7 Å². The molecule has 0 aromatic carbocycles. The van der Waals surface area contributed by atoms with Crippen molar-refractivity contribution in [3.05, 3.63) is 10.6 Å². The Hall–Kier alpha value is -2.11. The second-order valence-electron chi connectivity index (χ2n) is 9.16. The largest absolute Gasteiger partial charge is 0.477 e. The molecule has 2 fully saturated rings. The van der Waals surface area contributed by atoms with Gasteiger partial charge in [-0.2, -0.15) is 0 Å². The van der Waals surface area contributed by atoms with Gasteiger partial charge in [0.15, 0.2) is 0 Å². The molecule has 2 saturated heterocycles. The second-order valence-corrected chi connectivity index (χ2v) is 10.5. The Balaban J connectivity index is 1.43. The van der Waals surface area contributed by atoms with Crippen LogP contribution in [0.4, 0.5) is 0 Å². The summed E-state index contributed by atoms with van der Waals surface area (Å²) in [6.45, 7) is 5.75. The van der Waals surface area contributed by atoms with Gasteiger partial charge in [0.1, 0.15) is 11.5 Å². The Morgan fingerprint density at radius 2 is 2.06 bits per heavy atom. The van der Waals surface area contributed by atoms with Gasteiger partial charge >= 0.3 is 5.97 Å². The number of aliphatic hydroxyl groups excluding tert-OH is 1. The van der Waals surface area contributed by atoms with E-state index in [0.717, 1.165) is 5.84 Å². The van der Waals surface area contributed by atoms with Crippen molar-refractivity contribution < 1.29 is 24.6 Å². The summed E-state index contributed by atoms with van der Waals surface area (Å²) in [4.78, 5) is 47.8. The zero-order chi connectivity index (χ0) is 23.3. The first-order chi connectivity index (χ1) is 15.1. The van der Waals surface area contributed by atoms with Crippen LogP contribution >= 0.6 is 11.8 Å². The average molecular weight is 466 g/mol. The van der Waals surface area contributed by atoms with Gasteiger partial charge in [-0.25, -0.2) is 4.79 Å². The second kappa shape index (κ2) is 8.68. The number of carbonyl (C=O) groups is 3. The molecular formula is C21H31N5O5S. The lowest BCUT2D eigenvalue weighted by Crippen LogP contribution is -2.63. The predicted molar refractivity (Wildman–Crippen MR) is 120 cm³/mol. The maximum atomic E-state index is 13.1. The summed E-state index contributed by atoms with van der Waals surface area (Å²) >= 11 is 1.45. The van der Waals surface area contributed by atoms with Crippen molar-refractivity contribution in [1.29, 1.82) is 0 Å². The summed E-state index contributed by atoms with van der Waals surface area (Å²) < 4.78 is 0. The standard InChI is InChI=1S/C21H31N5O5S/c1-10-16-15(11(2)27)20(29)26(16)17(21(30)31)18(10)32-12-7-13(23-8-12)19(28)25-6-5-22-14(9-25)24(3)4/h10-13,15-16,23,27H,5-9H2,1-4H3,(H,30,31)/t10?,11?,12?,13?,15?,16-/m0/s1. The molecule has 176 valence electrons. The van der Waals surface area contributed by atoms with Gasteiger partial charge in [-0.15, -0.1) is 11.8 Å². The molecule has 4 rings (SSSR count). The van der Waals surface area contributed by atoms with E-state index in [1.807, 2.05) is 30.8 Å². The van der Waals surface area contributed by atoms with Gasteiger partial charge in [0.2, 0.25) is 11.8 Å². The minimum atomic E-state index is -1.12. The summed E-state index contributed by atoms with van der Waals surface area (Å²) in [6.07, 6.45) is -0.225. The molecule has 10 nitrogen and oxygen atoms in total. The number of thioether (sulfide) groups is 1. The van der Waals surface area contributed by atoms with Gasteiger partial charge in [0, 0.05) is 43.3 Å². The summed E-state index contributed by atoms with van der Waals surface area (Å²) in [6, 6.07) is -0.636. The fourth-order valence-electron chi connectivity index (χ4n) is 5.13. The first-order valence-corrected chi connectivity index (χ1v) is 11.9. The first-order valence-electron chi connectivity index (χ1n) is 11.0. The minimum absolute atomic E-state index is 0.0290.